The Balaban J connectivity index is 4.99. The van der Waals surface area contributed by atoms with Gasteiger partial charge in [-0.25, -0.2) is 9.59 Å². The molecule has 0 spiro atoms. The molecule has 2 N–H and O–H groups in total. The fourth-order valence-corrected chi connectivity index (χ4v) is 6.43. The van der Waals surface area contributed by atoms with Crippen LogP contribution in [0, 0.1) is 0 Å². The number of carbonyl (C=O) groups excluding carboxylic acids is 1. The molecular weight excluding hydrogens is 518 g/mol. The summed E-state index contributed by atoms with van der Waals surface area (Å²) in [4.78, 5) is 37.6. The summed E-state index contributed by atoms with van der Waals surface area (Å²) < 4.78 is -0.433. The van der Waals surface area contributed by atoms with E-state index in [4.69, 9.17) is 0 Å². The van der Waals surface area contributed by atoms with Crippen LogP contribution < -0.4 is 5.11 Å². The SMILES string of the molecule is CCCC/C=C/CCCCCCCCCCCCC[N+](C(CCC)C(=O)[O-])(C(CCC)C(=O)O)C(CCC)C(=O)O. The number of allylic oxidation sites excluding steroid dienone is 2. The first kappa shape index (κ1) is 39.1. The smallest absolute Gasteiger partial charge is 0.362 e. The highest BCUT2D eigenvalue weighted by molar-refractivity contribution is 5.77. The van der Waals surface area contributed by atoms with Crippen molar-refractivity contribution < 1.29 is 34.2 Å². The molecule has 0 fully saturated rings. The van der Waals surface area contributed by atoms with Crippen molar-refractivity contribution in [2.24, 2.45) is 0 Å². The van der Waals surface area contributed by atoms with Crippen LogP contribution in [0.5, 0.6) is 0 Å². The summed E-state index contributed by atoms with van der Waals surface area (Å²) >= 11 is 0. The number of hydrogen-bond acceptors (Lipinski definition) is 4. The molecule has 0 aromatic rings. The molecule has 0 aromatic heterocycles. The predicted molar refractivity (Wildman–Crippen MR) is 166 cm³/mol. The van der Waals surface area contributed by atoms with Crippen molar-refractivity contribution in [1.82, 2.24) is 0 Å². The quantitative estimate of drug-likeness (QED) is 0.0532. The van der Waals surface area contributed by atoms with Gasteiger partial charge in [0, 0.05) is 19.3 Å². The number of nitrogens with zero attached hydrogens (tertiary/aromatic N) is 1. The largest absolute Gasteiger partial charge is 0.544 e. The first-order chi connectivity index (χ1) is 19.7. The van der Waals surface area contributed by atoms with Crippen LogP contribution in [0.3, 0.4) is 0 Å². The molecule has 0 saturated heterocycles. The molecule has 0 aromatic carbocycles. The van der Waals surface area contributed by atoms with E-state index >= 15 is 0 Å². The number of quaternary nitrogens is 1. The molecule has 0 amide bonds. The molecule has 0 rings (SSSR count). The van der Waals surface area contributed by atoms with Gasteiger partial charge in [-0.3, -0.25) is 4.48 Å². The van der Waals surface area contributed by atoms with Gasteiger partial charge in [-0.15, -0.1) is 0 Å². The summed E-state index contributed by atoms with van der Waals surface area (Å²) in [5.74, 6) is -3.56. The molecule has 3 unspecified atom stereocenters. The van der Waals surface area contributed by atoms with Crippen LogP contribution in [0.4, 0.5) is 0 Å². The number of carboxylic acid groups (broad SMARTS) is 3. The maximum Gasteiger partial charge on any atom is 0.362 e. The zero-order chi connectivity index (χ0) is 30.9. The molecule has 7 heteroatoms. The van der Waals surface area contributed by atoms with Gasteiger partial charge in [0.2, 0.25) is 0 Å². The lowest BCUT2D eigenvalue weighted by Gasteiger charge is -2.52. The zero-order valence-electron chi connectivity index (χ0n) is 26.9. The van der Waals surface area contributed by atoms with E-state index in [9.17, 15) is 29.7 Å². The molecule has 0 heterocycles. The van der Waals surface area contributed by atoms with Gasteiger partial charge >= 0.3 is 11.9 Å². The number of carbonyl (C=O) groups is 3. The van der Waals surface area contributed by atoms with Gasteiger partial charge in [-0.1, -0.05) is 110 Å². The summed E-state index contributed by atoms with van der Waals surface area (Å²) in [5.41, 5.74) is 0. The van der Waals surface area contributed by atoms with Crippen molar-refractivity contribution in [1.29, 1.82) is 0 Å². The molecule has 0 bridgehead atoms. The lowest BCUT2D eigenvalue weighted by atomic mass is 9.91. The molecule has 240 valence electrons. The summed E-state index contributed by atoms with van der Waals surface area (Å²) in [7, 11) is 0. The van der Waals surface area contributed by atoms with E-state index in [1.54, 1.807) is 0 Å². The molecule has 0 aliphatic rings. The molecular formula is C34H63NO6. The van der Waals surface area contributed by atoms with Gasteiger partial charge in [-0.2, -0.15) is 0 Å². The third-order valence-electron chi connectivity index (χ3n) is 8.58. The second kappa shape index (κ2) is 24.7. The van der Waals surface area contributed by atoms with E-state index in [0.717, 1.165) is 19.3 Å². The summed E-state index contributed by atoms with van der Waals surface area (Å²) in [6.45, 7) is 8.03. The van der Waals surface area contributed by atoms with Crippen LogP contribution in [-0.4, -0.2) is 57.3 Å². The van der Waals surface area contributed by atoms with Crippen molar-refractivity contribution in [3.63, 3.8) is 0 Å². The van der Waals surface area contributed by atoms with Gasteiger partial charge in [0.15, 0.2) is 12.1 Å². The molecule has 41 heavy (non-hydrogen) atoms. The molecule has 0 aliphatic heterocycles. The Bertz CT molecular complexity index is 662. The van der Waals surface area contributed by atoms with Crippen LogP contribution >= 0.6 is 0 Å². The van der Waals surface area contributed by atoms with E-state index in [0.29, 0.717) is 25.7 Å². The zero-order valence-corrected chi connectivity index (χ0v) is 26.9. The fraction of sp³-hybridized carbons (Fsp3) is 0.853. The predicted octanol–water partition coefficient (Wildman–Crippen LogP) is 7.66. The van der Waals surface area contributed by atoms with E-state index in [1.165, 1.54) is 70.6 Å². The standard InChI is InChI=1S/C34H63NO6/c1-5-9-10-11-12-13-14-15-16-17-18-19-20-21-22-23-24-28-35(29(25-6-2)32(36)37,30(26-7-3)33(38)39)31(27-8-4)34(40)41/h11-12,29-31H,5-10,13-28H2,1-4H3,(H2-,36,37,38,39,40,41)/b12-11+. The van der Waals surface area contributed by atoms with E-state index < -0.39 is 40.5 Å². The fourth-order valence-electron chi connectivity index (χ4n) is 6.43. The summed E-state index contributed by atoms with van der Waals surface area (Å²) in [6.07, 6.45) is 24.2. The number of unbranched alkanes of at least 4 members (excludes halogenated alkanes) is 13. The Labute approximate surface area is 251 Å². The summed E-state index contributed by atoms with van der Waals surface area (Å²) in [5, 5.41) is 33.0. The summed E-state index contributed by atoms with van der Waals surface area (Å²) in [6, 6.07) is -3.32. The maximum absolute atomic E-state index is 12.6. The third kappa shape index (κ3) is 15.2. The Morgan fingerprint density at radius 2 is 0.927 bits per heavy atom. The monoisotopic (exact) mass is 581 g/mol. The highest BCUT2D eigenvalue weighted by atomic mass is 16.4. The number of hydrogen-bond donors (Lipinski definition) is 2. The minimum absolute atomic E-state index is 0.207. The van der Waals surface area contributed by atoms with Crippen molar-refractivity contribution >= 4 is 17.9 Å². The Morgan fingerprint density at radius 1 is 0.561 bits per heavy atom. The third-order valence-corrected chi connectivity index (χ3v) is 8.58. The van der Waals surface area contributed by atoms with Gasteiger partial charge in [0.1, 0.15) is 6.04 Å². The van der Waals surface area contributed by atoms with Gasteiger partial charge in [0.05, 0.1) is 12.5 Å². The minimum atomic E-state index is -1.33. The van der Waals surface area contributed by atoms with Gasteiger partial charge in [0.25, 0.3) is 0 Å². The number of carboxylic acids is 3. The second-order valence-corrected chi connectivity index (χ2v) is 11.9. The van der Waals surface area contributed by atoms with Crippen molar-refractivity contribution in [2.75, 3.05) is 6.54 Å². The van der Waals surface area contributed by atoms with E-state index in [1.807, 2.05) is 20.8 Å². The molecule has 0 saturated carbocycles. The Hall–Kier alpha value is -1.89. The molecule has 0 aliphatic carbocycles. The highest BCUT2D eigenvalue weighted by Crippen LogP contribution is 2.34. The average Bonchev–Trinajstić information content (AvgIpc) is 2.93. The van der Waals surface area contributed by atoms with Crippen LogP contribution in [0.25, 0.3) is 0 Å². The maximum atomic E-state index is 12.6. The second-order valence-electron chi connectivity index (χ2n) is 11.9. The van der Waals surface area contributed by atoms with E-state index in [2.05, 4.69) is 19.1 Å². The van der Waals surface area contributed by atoms with Gasteiger partial charge < -0.3 is 20.1 Å². The Kier molecular flexibility index (Phi) is 23.5. The number of aliphatic carboxylic acids is 3. The normalized spacial score (nSPS) is 15.4. The van der Waals surface area contributed by atoms with Gasteiger partial charge in [-0.05, 0) is 44.9 Å². The first-order valence-corrected chi connectivity index (χ1v) is 16.9. The minimum Gasteiger partial charge on any atom is -0.544 e. The van der Waals surface area contributed by atoms with Crippen LogP contribution in [-0.2, 0) is 14.4 Å². The Morgan fingerprint density at radius 3 is 1.29 bits per heavy atom. The average molecular weight is 582 g/mol. The lowest BCUT2D eigenvalue weighted by Crippen LogP contribution is -2.74. The van der Waals surface area contributed by atoms with Crippen molar-refractivity contribution in [2.45, 2.75) is 181 Å². The van der Waals surface area contributed by atoms with Crippen LogP contribution in [0.15, 0.2) is 12.2 Å². The highest BCUT2D eigenvalue weighted by Gasteiger charge is 2.54. The first-order valence-electron chi connectivity index (χ1n) is 16.9. The van der Waals surface area contributed by atoms with E-state index in [-0.39, 0.29) is 25.8 Å². The lowest BCUT2D eigenvalue weighted by molar-refractivity contribution is -0.975. The molecule has 0 radical (unpaired) electrons. The number of rotatable bonds is 29. The van der Waals surface area contributed by atoms with Crippen LogP contribution in [0.2, 0.25) is 0 Å². The molecule has 3 atom stereocenters. The van der Waals surface area contributed by atoms with Crippen molar-refractivity contribution in [3.05, 3.63) is 12.2 Å². The topological polar surface area (TPSA) is 115 Å². The van der Waals surface area contributed by atoms with Crippen LogP contribution in [0.1, 0.15) is 163 Å². The molecule has 7 nitrogen and oxygen atoms in total. The van der Waals surface area contributed by atoms with Crippen molar-refractivity contribution in [3.8, 4) is 0 Å².